The van der Waals surface area contributed by atoms with Crippen LogP contribution in [0.15, 0.2) is 35.3 Å². The van der Waals surface area contributed by atoms with Gasteiger partial charge in [0, 0.05) is 18.8 Å². The first-order valence-electron chi connectivity index (χ1n) is 8.09. The van der Waals surface area contributed by atoms with Crippen LogP contribution in [-0.4, -0.2) is 25.7 Å². The average Bonchev–Trinajstić information content (AvgIpc) is 2.91. The molecule has 134 valence electrons. The fourth-order valence-electron chi connectivity index (χ4n) is 2.71. The SMILES string of the molecule is CCc1nn(C)c(NC(=O)c2cnc(C)[nH]c2=O)c1-c1ccc(F)cc1. The predicted octanol–water partition coefficient (Wildman–Crippen LogP) is 2.43. The average molecular weight is 355 g/mol. The lowest BCUT2D eigenvalue weighted by atomic mass is 10.0. The van der Waals surface area contributed by atoms with E-state index in [4.69, 9.17) is 0 Å². The summed E-state index contributed by atoms with van der Waals surface area (Å²) in [4.78, 5) is 31.0. The lowest BCUT2D eigenvalue weighted by Gasteiger charge is -2.09. The van der Waals surface area contributed by atoms with Gasteiger partial charge in [-0.15, -0.1) is 0 Å². The molecule has 0 bridgehead atoms. The quantitative estimate of drug-likeness (QED) is 0.752. The zero-order valence-electron chi connectivity index (χ0n) is 14.6. The van der Waals surface area contributed by atoms with Crippen molar-refractivity contribution in [1.82, 2.24) is 19.7 Å². The predicted molar refractivity (Wildman–Crippen MR) is 95.5 cm³/mol. The molecule has 8 heteroatoms. The molecule has 1 amide bonds. The Kier molecular flexibility index (Phi) is 4.66. The summed E-state index contributed by atoms with van der Waals surface area (Å²) in [6, 6.07) is 5.95. The number of halogens is 1. The zero-order chi connectivity index (χ0) is 18.8. The van der Waals surface area contributed by atoms with Crippen molar-refractivity contribution in [2.75, 3.05) is 5.32 Å². The van der Waals surface area contributed by atoms with Gasteiger partial charge in [0.05, 0.1) is 5.69 Å². The molecule has 0 saturated heterocycles. The largest absolute Gasteiger partial charge is 0.310 e. The molecule has 0 fully saturated rings. The molecule has 0 radical (unpaired) electrons. The first-order chi connectivity index (χ1) is 12.4. The van der Waals surface area contributed by atoms with E-state index in [1.54, 1.807) is 26.1 Å². The topological polar surface area (TPSA) is 92.7 Å². The third kappa shape index (κ3) is 3.26. The van der Waals surface area contributed by atoms with Gasteiger partial charge in [-0.05, 0) is 31.0 Å². The number of aryl methyl sites for hydroxylation is 3. The minimum Gasteiger partial charge on any atom is -0.310 e. The van der Waals surface area contributed by atoms with Crippen LogP contribution in [0.4, 0.5) is 10.2 Å². The molecule has 2 N–H and O–H groups in total. The van der Waals surface area contributed by atoms with Gasteiger partial charge in [0.25, 0.3) is 11.5 Å². The van der Waals surface area contributed by atoms with Gasteiger partial charge in [0.1, 0.15) is 23.0 Å². The fourth-order valence-corrected chi connectivity index (χ4v) is 2.71. The third-order valence-corrected chi connectivity index (χ3v) is 3.99. The Morgan fingerprint density at radius 2 is 2.00 bits per heavy atom. The van der Waals surface area contributed by atoms with Gasteiger partial charge < -0.3 is 10.3 Å². The maximum absolute atomic E-state index is 13.3. The second-order valence-electron chi connectivity index (χ2n) is 5.82. The highest BCUT2D eigenvalue weighted by Crippen LogP contribution is 2.32. The molecule has 26 heavy (non-hydrogen) atoms. The Labute approximate surface area is 148 Å². The Hall–Kier alpha value is -3.29. The molecule has 0 atom stereocenters. The number of nitrogens with zero attached hydrogens (tertiary/aromatic N) is 3. The number of anilines is 1. The molecule has 1 aromatic carbocycles. The molecule has 0 spiro atoms. The van der Waals surface area contributed by atoms with E-state index in [-0.39, 0.29) is 11.4 Å². The second-order valence-corrected chi connectivity index (χ2v) is 5.82. The molecular weight excluding hydrogens is 337 g/mol. The monoisotopic (exact) mass is 355 g/mol. The van der Waals surface area contributed by atoms with E-state index >= 15 is 0 Å². The van der Waals surface area contributed by atoms with Crippen LogP contribution in [0.2, 0.25) is 0 Å². The molecule has 0 aliphatic rings. The number of aromatic amines is 1. The van der Waals surface area contributed by atoms with Crippen molar-refractivity contribution >= 4 is 11.7 Å². The van der Waals surface area contributed by atoms with Crippen LogP contribution in [0.5, 0.6) is 0 Å². The second kappa shape index (κ2) is 6.91. The van der Waals surface area contributed by atoms with Gasteiger partial charge >= 0.3 is 0 Å². The first kappa shape index (κ1) is 17.5. The zero-order valence-corrected chi connectivity index (χ0v) is 14.6. The summed E-state index contributed by atoms with van der Waals surface area (Å²) in [5, 5.41) is 7.15. The summed E-state index contributed by atoms with van der Waals surface area (Å²) in [7, 11) is 1.69. The highest BCUT2D eigenvalue weighted by atomic mass is 19.1. The highest BCUT2D eigenvalue weighted by molar-refractivity contribution is 6.05. The van der Waals surface area contributed by atoms with Gasteiger partial charge in [-0.1, -0.05) is 19.1 Å². The molecule has 0 aliphatic heterocycles. The maximum atomic E-state index is 13.3. The molecule has 3 aromatic rings. The van der Waals surface area contributed by atoms with E-state index in [1.165, 1.54) is 23.0 Å². The van der Waals surface area contributed by atoms with Gasteiger partial charge in [-0.2, -0.15) is 5.10 Å². The summed E-state index contributed by atoms with van der Waals surface area (Å²) in [5.74, 6) is -0.0860. The number of amides is 1. The first-order valence-corrected chi connectivity index (χ1v) is 8.09. The van der Waals surface area contributed by atoms with Crippen LogP contribution in [0.25, 0.3) is 11.1 Å². The van der Waals surface area contributed by atoms with Crippen LogP contribution in [-0.2, 0) is 13.5 Å². The van der Waals surface area contributed by atoms with Crippen molar-refractivity contribution in [1.29, 1.82) is 0 Å². The minimum absolute atomic E-state index is 0.0973. The molecule has 7 nitrogen and oxygen atoms in total. The molecule has 0 unspecified atom stereocenters. The Balaban J connectivity index is 2.04. The van der Waals surface area contributed by atoms with Crippen molar-refractivity contribution in [3.63, 3.8) is 0 Å². The van der Waals surface area contributed by atoms with Gasteiger partial charge in [-0.25, -0.2) is 9.37 Å². The fraction of sp³-hybridized carbons (Fsp3) is 0.222. The third-order valence-electron chi connectivity index (χ3n) is 3.99. The summed E-state index contributed by atoms with van der Waals surface area (Å²) in [6.07, 6.45) is 1.86. The Morgan fingerprint density at radius 3 is 2.62 bits per heavy atom. The van der Waals surface area contributed by atoms with E-state index in [0.29, 0.717) is 23.6 Å². The van der Waals surface area contributed by atoms with E-state index in [2.05, 4.69) is 20.4 Å². The van der Waals surface area contributed by atoms with E-state index in [1.807, 2.05) is 6.92 Å². The normalized spacial score (nSPS) is 10.8. The smallest absolute Gasteiger partial charge is 0.264 e. The summed E-state index contributed by atoms with van der Waals surface area (Å²) >= 11 is 0. The van der Waals surface area contributed by atoms with Crippen molar-refractivity contribution < 1.29 is 9.18 Å². The summed E-state index contributed by atoms with van der Waals surface area (Å²) in [6.45, 7) is 3.57. The molecule has 0 saturated carbocycles. The van der Waals surface area contributed by atoms with Gasteiger partial charge in [-0.3, -0.25) is 14.3 Å². The minimum atomic E-state index is -0.590. The summed E-state index contributed by atoms with van der Waals surface area (Å²) < 4.78 is 14.8. The maximum Gasteiger partial charge on any atom is 0.264 e. The van der Waals surface area contributed by atoms with Crippen molar-refractivity contribution in [3.05, 3.63) is 63.7 Å². The van der Waals surface area contributed by atoms with Crippen LogP contribution in [0.3, 0.4) is 0 Å². The lowest BCUT2D eigenvalue weighted by Crippen LogP contribution is -2.25. The Morgan fingerprint density at radius 1 is 1.31 bits per heavy atom. The van der Waals surface area contributed by atoms with Gasteiger partial charge in [0.2, 0.25) is 0 Å². The van der Waals surface area contributed by atoms with E-state index in [9.17, 15) is 14.0 Å². The van der Waals surface area contributed by atoms with Crippen LogP contribution >= 0.6 is 0 Å². The standard InChI is InChI=1S/C18H18FN5O2/c1-4-14-15(11-5-7-12(19)8-6-11)16(24(3)23-14)22-18(26)13-9-20-10(2)21-17(13)25/h5-9H,4H2,1-3H3,(H,22,26)(H,20,21,25). The lowest BCUT2D eigenvalue weighted by molar-refractivity contribution is 0.102. The number of H-pyrrole nitrogens is 1. The molecule has 2 heterocycles. The van der Waals surface area contributed by atoms with Crippen molar-refractivity contribution in [3.8, 4) is 11.1 Å². The number of nitrogens with one attached hydrogen (secondary N) is 2. The number of rotatable bonds is 4. The Bertz CT molecular complexity index is 1020. The highest BCUT2D eigenvalue weighted by Gasteiger charge is 2.21. The van der Waals surface area contributed by atoms with Crippen molar-refractivity contribution in [2.24, 2.45) is 7.05 Å². The number of carbonyl (C=O) groups excluding carboxylic acids is 1. The van der Waals surface area contributed by atoms with E-state index in [0.717, 1.165) is 11.3 Å². The molecule has 0 aliphatic carbocycles. The number of benzene rings is 1. The number of hydrogen-bond donors (Lipinski definition) is 2. The molecular formula is C18H18FN5O2. The number of aromatic nitrogens is 4. The van der Waals surface area contributed by atoms with Crippen LogP contribution in [0, 0.1) is 12.7 Å². The number of hydrogen-bond acceptors (Lipinski definition) is 4. The molecule has 2 aromatic heterocycles. The summed E-state index contributed by atoms with van der Waals surface area (Å²) in [5.41, 5.74) is 1.56. The van der Waals surface area contributed by atoms with Crippen LogP contribution < -0.4 is 10.9 Å². The van der Waals surface area contributed by atoms with Crippen LogP contribution in [0.1, 0.15) is 28.8 Å². The molecule has 3 rings (SSSR count). The van der Waals surface area contributed by atoms with E-state index < -0.39 is 11.5 Å². The van der Waals surface area contributed by atoms with Gasteiger partial charge in [0.15, 0.2) is 0 Å². The van der Waals surface area contributed by atoms with Crippen molar-refractivity contribution in [2.45, 2.75) is 20.3 Å². The number of carbonyl (C=O) groups is 1.